The fourth-order valence-corrected chi connectivity index (χ4v) is 2.15. The lowest BCUT2D eigenvalue weighted by Gasteiger charge is -2.05. The molecule has 1 aromatic heterocycles. The molecule has 0 radical (unpaired) electrons. The first-order valence-electron chi connectivity index (χ1n) is 5.16. The Labute approximate surface area is 111 Å². The Morgan fingerprint density at radius 1 is 1.47 bits per heavy atom. The summed E-state index contributed by atoms with van der Waals surface area (Å²) in [6.07, 6.45) is 0.671. The Morgan fingerprint density at radius 2 is 2.24 bits per heavy atom. The van der Waals surface area contributed by atoms with Crippen LogP contribution >= 0.6 is 22.6 Å². The number of aryl methyl sites for hydroxylation is 1. The van der Waals surface area contributed by atoms with Crippen molar-refractivity contribution in [2.24, 2.45) is 0 Å². The minimum absolute atomic E-state index is 0.184. The van der Waals surface area contributed by atoms with Crippen molar-refractivity contribution >= 4 is 22.6 Å². The van der Waals surface area contributed by atoms with Crippen molar-refractivity contribution in [2.75, 3.05) is 0 Å². The molecule has 1 N–H and O–H groups in total. The van der Waals surface area contributed by atoms with E-state index < -0.39 is 0 Å². The highest BCUT2D eigenvalue weighted by atomic mass is 127. The van der Waals surface area contributed by atoms with Gasteiger partial charge in [0.2, 0.25) is 0 Å². The fourth-order valence-electron chi connectivity index (χ4n) is 1.51. The molecule has 0 aliphatic carbocycles. The van der Waals surface area contributed by atoms with Crippen LogP contribution in [0.4, 0.5) is 4.39 Å². The molecule has 3 nitrogen and oxygen atoms in total. The molecule has 17 heavy (non-hydrogen) atoms. The normalized spacial score (nSPS) is 10.5. The third-order valence-electron chi connectivity index (χ3n) is 2.36. The van der Waals surface area contributed by atoms with E-state index in [1.165, 1.54) is 12.1 Å². The van der Waals surface area contributed by atoms with Crippen LogP contribution in [0.25, 0.3) is 11.4 Å². The average Bonchev–Trinajstić information content (AvgIpc) is 2.32. The number of aromatic amines is 1. The van der Waals surface area contributed by atoms with Crippen LogP contribution in [0.3, 0.4) is 0 Å². The lowest BCUT2D eigenvalue weighted by molar-refractivity contribution is 0.628. The van der Waals surface area contributed by atoms with Crippen molar-refractivity contribution in [1.29, 1.82) is 0 Å². The molecular weight excluding hydrogens is 334 g/mol. The van der Waals surface area contributed by atoms with Gasteiger partial charge in [0, 0.05) is 5.56 Å². The number of nitrogens with zero attached hydrogens (tertiary/aromatic N) is 1. The monoisotopic (exact) mass is 344 g/mol. The molecule has 2 aromatic rings. The van der Waals surface area contributed by atoms with E-state index in [-0.39, 0.29) is 11.4 Å². The summed E-state index contributed by atoms with van der Waals surface area (Å²) in [6.45, 7) is 1.93. The topological polar surface area (TPSA) is 45.8 Å². The number of aromatic nitrogens is 2. The molecule has 0 atom stereocenters. The van der Waals surface area contributed by atoms with Gasteiger partial charge in [-0.3, -0.25) is 4.79 Å². The first-order valence-corrected chi connectivity index (χ1v) is 6.24. The minimum Gasteiger partial charge on any atom is -0.306 e. The zero-order valence-electron chi connectivity index (χ0n) is 9.13. The SMILES string of the molecule is CCc1nc(-c2cccc(F)c2)[nH]c(=O)c1I. The maximum Gasteiger partial charge on any atom is 0.264 e. The first kappa shape index (κ1) is 12.2. The van der Waals surface area contributed by atoms with Gasteiger partial charge in [0.1, 0.15) is 11.6 Å². The lowest BCUT2D eigenvalue weighted by Crippen LogP contribution is -2.16. The first-order chi connectivity index (χ1) is 8.11. The van der Waals surface area contributed by atoms with Gasteiger partial charge < -0.3 is 4.98 Å². The van der Waals surface area contributed by atoms with Crippen LogP contribution in [0, 0.1) is 9.39 Å². The smallest absolute Gasteiger partial charge is 0.264 e. The van der Waals surface area contributed by atoms with Crippen LogP contribution in [0.15, 0.2) is 29.1 Å². The third-order valence-corrected chi connectivity index (χ3v) is 3.48. The van der Waals surface area contributed by atoms with Crippen molar-refractivity contribution in [2.45, 2.75) is 13.3 Å². The third kappa shape index (κ3) is 2.54. The standard InChI is InChI=1S/C12H10FIN2O/c1-2-9-10(14)12(17)16-11(15-9)7-4-3-5-8(13)6-7/h3-6H,2H2,1H3,(H,15,16,17). The highest BCUT2D eigenvalue weighted by Gasteiger charge is 2.09. The number of hydrogen-bond acceptors (Lipinski definition) is 2. The van der Waals surface area contributed by atoms with Gasteiger partial charge >= 0.3 is 0 Å². The summed E-state index contributed by atoms with van der Waals surface area (Å²) in [4.78, 5) is 18.7. The molecule has 0 amide bonds. The highest BCUT2D eigenvalue weighted by Crippen LogP contribution is 2.16. The fraction of sp³-hybridized carbons (Fsp3) is 0.167. The van der Waals surface area contributed by atoms with Crippen LogP contribution in [0.1, 0.15) is 12.6 Å². The van der Waals surface area contributed by atoms with Crippen LogP contribution in [0.2, 0.25) is 0 Å². The Balaban J connectivity index is 2.61. The maximum absolute atomic E-state index is 13.1. The molecule has 88 valence electrons. The molecule has 1 aromatic carbocycles. The molecule has 0 aliphatic rings. The summed E-state index contributed by atoms with van der Waals surface area (Å²) >= 11 is 1.97. The Morgan fingerprint density at radius 3 is 2.88 bits per heavy atom. The average molecular weight is 344 g/mol. The highest BCUT2D eigenvalue weighted by molar-refractivity contribution is 14.1. The Hall–Kier alpha value is -1.24. The molecule has 1 heterocycles. The van der Waals surface area contributed by atoms with Gasteiger partial charge in [-0.1, -0.05) is 19.1 Å². The van der Waals surface area contributed by atoms with Crippen molar-refractivity contribution in [1.82, 2.24) is 9.97 Å². The largest absolute Gasteiger partial charge is 0.306 e. The van der Waals surface area contributed by atoms with E-state index in [0.717, 1.165) is 5.69 Å². The number of rotatable bonds is 2. The van der Waals surface area contributed by atoms with Gasteiger partial charge in [-0.2, -0.15) is 0 Å². The molecule has 0 aliphatic heterocycles. The van der Waals surface area contributed by atoms with E-state index in [2.05, 4.69) is 9.97 Å². The van der Waals surface area contributed by atoms with E-state index in [1.54, 1.807) is 12.1 Å². The van der Waals surface area contributed by atoms with Crippen LogP contribution in [-0.4, -0.2) is 9.97 Å². The van der Waals surface area contributed by atoms with Crippen molar-refractivity contribution in [3.8, 4) is 11.4 Å². The number of nitrogens with one attached hydrogen (secondary N) is 1. The molecule has 5 heteroatoms. The summed E-state index contributed by atoms with van der Waals surface area (Å²) in [7, 11) is 0. The van der Waals surface area contributed by atoms with Crippen molar-refractivity contribution in [3.63, 3.8) is 0 Å². The molecule has 2 rings (SSSR count). The van der Waals surface area contributed by atoms with Crippen molar-refractivity contribution in [3.05, 3.63) is 49.7 Å². The zero-order valence-corrected chi connectivity index (χ0v) is 11.3. The van der Waals surface area contributed by atoms with Crippen LogP contribution < -0.4 is 5.56 Å². The quantitative estimate of drug-likeness (QED) is 0.852. The van der Waals surface area contributed by atoms with Gasteiger partial charge in [0.25, 0.3) is 5.56 Å². The molecule has 0 bridgehead atoms. The van der Waals surface area contributed by atoms with Crippen molar-refractivity contribution < 1.29 is 4.39 Å². The lowest BCUT2D eigenvalue weighted by atomic mass is 10.2. The molecule has 0 unspecified atom stereocenters. The second kappa shape index (κ2) is 4.95. The maximum atomic E-state index is 13.1. The zero-order chi connectivity index (χ0) is 12.4. The Bertz CT molecular complexity index is 610. The molecule has 0 saturated heterocycles. The summed E-state index contributed by atoms with van der Waals surface area (Å²) in [5.41, 5.74) is 1.12. The molecule has 0 spiro atoms. The van der Waals surface area contributed by atoms with E-state index in [4.69, 9.17) is 0 Å². The van der Waals surface area contributed by atoms with Gasteiger partial charge in [-0.25, -0.2) is 9.37 Å². The van der Waals surface area contributed by atoms with E-state index in [0.29, 0.717) is 21.4 Å². The number of H-pyrrole nitrogens is 1. The van der Waals surface area contributed by atoms with E-state index >= 15 is 0 Å². The molecular formula is C12H10FIN2O. The van der Waals surface area contributed by atoms with Gasteiger partial charge in [-0.15, -0.1) is 0 Å². The second-order valence-corrected chi connectivity index (χ2v) is 4.62. The van der Waals surface area contributed by atoms with E-state index in [1.807, 2.05) is 29.5 Å². The van der Waals surface area contributed by atoms with Crippen LogP contribution in [0.5, 0.6) is 0 Å². The number of halogens is 2. The van der Waals surface area contributed by atoms with Gasteiger partial charge in [0.15, 0.2) is 0 Å². The number of hydrogen-bond donors (Lipinski definition) is 1. The summed E-state index contributed by atoms with van der Waals surface area (Å²) in [6, 6.07) is 6.02. The second-order valence-electron chi connectivity index (χ2n) is 3.54. The van der Waals surface area contributed by atoms with Gasteiger partial charge in [0.05, 0.1) is 9.26 Å². The molecule has 0 saturated carbocycles. The summed E-state index contributed by atoms with van der Waals surface area (Å²) in [5.74, 6) is 0.0634. The minimum atomic E-state index is -0.346. The summed E-state index contributed by atoms with van der Waals surface area (Å²) in [5, 5.41) is 0. The predicted octanol–water partition coefficient (Wildman–Crippen LogP) is 2.74. The predicted molar refractivity (Wildman–Crippen MR) is 72.3 cm³/mol. The Kier molecular flexibility index (Phi) is 3.56. The summed E-state index contributed by atoms with van der Waals surface area (Å²) < 4.78 is 13.7. The number of benzene rings is 1. The van der Waals surface area contributed by atoms with E-state index in [9.17, 15) is 9.18 Å². The van der Waals surface area contributed by atoms with Gasteiger partial charge in [-0.05, 0) is 41.1 Å². The molecule has 0 fully saturated rings. The van der Waals surface area contributed by atoms with Crippen LogP contribution in [-0.2, 0) is 6.42 Å².